The molecule has 0 atom stereocenters. The number of nitrogens with zero attached hydrogens (tertiary/aromatic N) is 2. The SMILES string of the molecule is CCNc1cnn(Cc2ccc3c(c2)CCC3)c(=O)c1. The van der Waals surface area contributed by atoms with Crippen LogP contribution >= 0.6 is 0 Å². The molecule has 4 heteroatoms. The number of hydrogen-bond donors (Lipinski definition) is 1. The van der Waals surface area contributed by atoms with Gasteiger partial charge in [0.25, 0.3) is 5.56 Å². The van der Waals surface area contributed by atoms with E-state index in [1.165, 1.54) is 28.7 Å². The van der Waals surface area contributed by atoms with Gasteiger partial charge in [0.2, 0.25) is 0 Å². The minimum absolute atomic E-state index is 0.0658. The van der Waals surface area contributed by atoms with Crippen LogP contribution in [0.2, 0.25) is 0 Å². The van der Waals surface area contributed by atoms with Crippen molar-refractivity contribution in [2.24, 2.45) is 0 Å². The van der Waals surface area contributed by atoms with E-state index in [1.807, 2.05) is 6.92 Å². The number of rotatable bonds is 4. The van der Waals surface area contributed by atoms with Crippen molar-refractivity contribution >= 4 is 5.69 Å². The minimum atomic E-state index is -0.0658. The molecule has 20 heavy (non-hydrogen) atoms. The monoisotopic (exact) mass is 269 g/mol. The van der Waals surface area contributed by atoms with E-state index < -0.39 is 0 Å². The molecule has 1 aliphatic carbocycles. The lowest BCUT2D eigenvalue weighted by Crippen LogP contribution is -2.23. The maximum Gasteiger partial charge on any atom is 0.269 e. The van der Waals surface area contributed by atoms with E-state index in [4.69, 9.17) is 0 Å². The maximum atomic E-state index is 12.0. The van der Waals surface area contributed by atoms with Crippen molar-refractivity contribution in [1.29, 1.82) is 0 Å². The number of anilines is 1. The molecule has 4 nitrogen and oxygen atoms in total. The normalized spacial score (nSPS) is 13.2. The first-order valence-corrected chi connectivity index (χ1v) is 7.18. The van der Waals surface area contributed by atoms with Crippen LogP contribution < -0.4 is 10.9 Å². The predicted octanol–water partition coefficient (Wildman–Crippen LogP) is 2.21. The fourth-order valence-electron chi connectivity index (χ4n) is 2.75. The molecule has 0 saturated heterocycles. The van der Waals surface area contributed by atoms with Crippen LogP contribution in [0.4, 0.5) is 5.69 Å². The summed E-state index contributed by atoms with van der Waals surface area (Å²) in [5, 5.41) is 7.32. The van der Waals surface area contributed by atoms with Gasteiger partial charge >= 0.3 is 0 Å². The number of aromatic nitrogens is 2. The van der Waals surface area contributed by atoms with Crippen molar-refractivity contribution in [2.75, 3.05) is 11.9 Å². The second kappa shape index (κ2) is 5.49. The Labute approximate surface area is 118 Å². The van der Waals surface area contributed by atoms with E-state index in [9.17, 15) is 4.79 Å². The number of hydrogen-bond acceptors (Lipinski definition) is 3. The van der Waals surface area contributed by atoms with Crippen molar-refractivity contribution in [3.05, 3.63) is 57.5 Å². The van der Waals surface area contributed by atoms with E-state index in [0.29, 0.717) is 6.54 Å². The summed E-state index contributed by atoms with van der Waals surface area (Å²) >= 11 is 0. The predicted molar refractivity (Wildman–Crippen MR) is 80.2 cm³/mol. The van der Waals surface area contributed by atoms with Gasteiger partial charge in [0.15, 0.2) is 0 Å². The first kappa shape index (κ1) is 12.9. The van der Waals surface area contributed by atoms with E-state index in [2.05, 4.69) is 28.6 Å². The standard InChI is InChI=1S/C16H19N3O/c1-2-17-15-9-16(20)19(18-10-15)11-12-6-7-13-4-3-5-14(13)8-12/h6-10,17H,2-5,11H2,1H3. The quantitative estimate of drug-likeness (QED) is 0.925. The Morgan fingerprint density at radius 3 is 2.90 bits per heavy atom. The average Bonchev–Trinajstić information content (AvgIpc) is 2.90. The maximum absolute atomic E-state index is 12.0. The highest BCUT2D eigenvalue weighted by Crippen LogP contribution is 2.22. The van der Waals surface area contributed by atoms with Crippen molar-refractivity contribution in [2.45, 2.75) is 32.7 Å². The van der Waals surface area contributed by atoms with E-state index >= 15 is 0 Å². The van der Waals surface area contributed by atoms with Crippen LogP contribution in [-0.2, 0) is 19.4 Å². The molecule has 0 aliphatic heterocycles. The third-order valence-electron chi connectivity index (χ3n) is 3.75. The highest BCUT2D eigenvalue weighted by Gasteiger charge is 2.11. The Kier molecular flexibility index (Phi) is 3.54. The van der Waals surface area contributed by atoms with E-state index in [1.54, 1.807) is 12.3 Å². The molecule has 0 saturated carbocycles. The van der Waals surface area contributed by atoms with Crippen molar-refractivity contribution < 1.29 is 0 Å². The zero-order valence-corrected chi connectivity index (χ0v) is 11.7. The third-order valence-corrected chi connectivity index (χ3v) is 3.75. The average molecular weight is 269 g/mol. The third kappa shape index (κ3) is 2.59. The molecule has 1 heterocycles. The Hall–Kier alpha value is -2.10. The first-order chi connectivity index (χ1) is 9.76. The number of nitrogens with one attached hydrogen (secondary N) is 1. The van der Waals surface area contributed by atoms with Gasteiger partial charge in [-0.15, -0.1) is 0 Å². The first-order valence-electron chi connectivity index (χ1n) is 7.18. The Balaban J connectivity index is 1.82. The van der Waals surface area contributed by atoms with Gasteiger partial charge in [-0.05, 0) is 42.9 Å². The topological polar surface area (TPSA) is 46.9 Å². The molecule has 3 rings (SSSR count). The largest absolute Gasteiger partial charge is 0.384 e. The highest BCUT2D eigenvalue weighted by molar-refractivity contribution is 5.39. The van der Waals surface area contributed by atoms with Gasteiger partial charge in [0, 0.05) is 12.6 Å². The van der Waals surface area contributed by atoms with Gasteiger partial charge in [-0.1, -0.05) is 18.2 Å². The zero-order valence-electron chi connectivity index (χ0n) is 11.7. The van der Waals surface area contributed by atoms with Gasteiger partial charge in [0.1, 0.15) is 0 Å². The summed E-state index contributed by atoms with van der Waals surface area (Å²) in [6.07, 6.45) is 5.29. The zero-order chi connectivity index (χ0) is 13.9. The van der Waals surface area contributed by atoms with Crippen LogP contribution in [0.3, 0.4) is 0 Å². The summed E-state index contributed by atoms with van der Waals surface area (Å²) in [5.41, 5.74) is 4.75. The van der Waals surface area contributed by atoms with Crippen LogP contribution in [0.25, 0.3) is 0 Å². The van der Waals surface area contributed by atoms with Crippen molar-refractivity contribution in [3.8, 4) is 0 Å². The molecule has 0 fully saturated rings. The smallest absolute Gasteiger partial charge is 0.269 e. The van der Waals surface area contributed by atoms with Gasteiger partial charge < -0.3 is 5.32 Å². The minimum Gasteiger partial charge on any atom is -0.384 e. The summed E-state index contributed by atoms with van der Waals surface area (Å²) in [4.78, 5) is 12.0. The van der Waals surface area contributed by atoms with Gasteiger partial charge in [0.05, 0.1) is 18.4 Å². The molecule has 2 aromatic rings. The molecule has 0 amide bonds. The molecule has 1 N–H and O–H groups in total. The lowest BCUT2D eigenvalue weighted by molar-refractivity contribution is 0.639. The van der Waals surface area contributed by atoms with Crippen LogP contribution in [-0.4, -0.2) is 16.3 Å². The molecule has 1 aromatic heterocycles. The van der Waals surface area contributed by atoms with Crippen LogP contribution in [0, 0.1) is 0 Å². The molecule has 1 aliphatic rings. The summed E-state index contributed by atoms with van der Waals surface area (Å²) in [7, 11) is 0. The second-order valence-electron chi connectivity index (χ2n) is 5.23. The van der Waals surface area contributed by atoms with E-state index in [0.717, 1.165) is 24.2 Å². The second-order valence-corrected chi connectivity index (χ2v) is 5.23. The van der Waals surface area contributed by atoms with Crippen LogP contribution in [0.5, 0.6) is 0 Å². The molecule has 0 bridgehead atoms. The van der Waals surface area contributed by atoms with Gasteiger partial charge in [-0.3, -0.25) is 4.79 Å². The molecule has 0 radical (unpaired) electrons. The molecule has 104 valence electrons. The summed E-state index contributed by atoms with van der Waals surface area (Å²) in [6.45, 7) is 3.32. The molecule has 0 spiro atoms. The highest BCUT2D eigenvalue weighted by atomic mass is 16.1. The lowest BCUT2D eigenvalue weighted by Gasteiger charge is -2.08. The van der Waals surface area contributed by atoms with E-state index in [-0.39, 0.29) is 5.56 Å². The van der Waals surface area contributed by atoms with Crippen molar-refractivity contribution in [3.63, 3.8) is 0 Å². The summed E-state index contributed by atoms with van der Waals surface area (Å²) in [6, 6.07) is 8.12. The lowest BCUT2D eigenvalue weighted by atomic mass is 10.1. The fraction of sp³-hybridized carbons (Fsp3) is 0.375. The summed E-state index contributed by atoms with van der Waals surface area (Å²) < 4.78 is 1.51. The number of aryl methyl sites for hydroxylation is 2. The molecule has 1 aromatic carbocycles. The van der Waals surface area contributed by atoms with Gasteiger partial charge in [-0.2, -0.15) is 5.10 Å². The Morgan fingerprint density at radius 1 is 1.25 bits per heavy atom. The van der Waals surface area contributed by atoms with Crippen LogP contribution in [0.1, 0.15) is 30.0 Å². The summed E-state index contributed by atoms with van der Waals surface area (Å²) in [5.74, 6) is 0. The van der Waals surface area contributed by atoms with Crippen molar-refractivity contribution in [1.82, 2.24) is 9.78 Å². The fourth-order valence-corrected chi connectivity index (χ4v) is 2.75. The van der Waals surface area contributed by atoms with Crippen LogP contribution in [0.15, 0.2) is 35.3 Å². The molecular formula is C16H19N3O. The number of fused-ring (bicyclic) bond motifs is 1. The Bertz CT molecular complexity index is 676. The molecular weight excluding hydrogens is 250 g/mol. The molecule has 0 unspecified atom stereocenters. The van der Waals surface area contributed by atoms with Gasteiger partial charge in [-0.25, -0.2) is 4.68 Å². The Morgan fingerprint density at radius 2 is 2.10 bits per heavy atom. The number of benzene rings is 1.